The maximum atomic E-state index is 12.1. The molecule has 1 aromatic heterocycles. The number of hydrogen-bond donors (Lipinski definition) is 0. The molecule has 86 valence electrons. The molecule has 0 radical (unpaired) electrons. The Bertz CT molecular complexity index is 291. The topological polar surface area (TPSA) is 27.1 Å². The van der Waals surface area contributed by atoms with Gasteiger partial charge in [-0.05, 0) is 29.0 Å². The molecule has 1 aromatic rings. The molecule has 0 saturated carbocycles. The maximum Gasteiger partial charge on any atom is 0.109 e. The van der Waals surface area contributed by atoms with E-state index in [2.05, 4.69) is 34.6 Å². The summed E-state index contributed by atoms with van der Waals surface area (Å²) in [6, 6.07) is 0. The zero-order valence-electron chi connectivity index (χ0n) is 8.88. The van der Waals surface area contributed by atoms with Crippen molar-refractivity contribution in [2.75, 3.05) is 13.3 Å². The second-order valence-electron chi connectivity index (χ2n) is 3.28. The zero-order chi connectivity index (χ0) is 11.1. The van der Waals surface area contributed by atoms with Crippen molar-refractivity contribution in [3.8, 4) is 0 Å². The van der Waals surface area contributed by atoms with Gasteiger partial charge in [0.25, 0.3) is 0 Å². The molecule has 0 spiro atoms. The molecule has 0 bridgehead atoms. The summed E-state index contributed by atoms with van der Waals surface area (Å²) in [6.07, 6.45) is 4.05. The van der Waals surface area contributed by atoms with E-state index in [1.165, 1.54) is 0 Å². The Kier molecular flexibility index (Phi) is 6.16. The summed E-state index contributed by atoms with van der Waals surface area (Å²) >= 11 is 2.20. The first kappa shape index (κ1) is 12.9. The lowest BCUT2D eigenvalue weighted by Gasteiger charge is -2.00. The third kappa shape index (κ3) is 4.46. The Balaban J connectivity index is 2.39. The number of nitrogens with zero attached hydrogens (tertiary/aromatic N) is 2. The fourth-order valence-corrected chi connectivity index (χ4v) is 1.74. The van der Waals surface area contributed by atoms with E-state index in [4.69, 9.17) is 4.74 Å². The van der Waals surface area contributed by atoms with E-state index < -0.39 is 0 Å². The van der Waals surface area contributed by atoms with Crippen LogP contribution in [0.2, 0.25) is 0 Å². The molecule has 0 aliphatic carbocycles. The molecule has 0 unspecified atom stereocenters. The highest BCUT2D eigenvalue weighted by molar-refractivity contribution is 14.1. The quantitative estimate of drug-likeness (QED) is 0.569. The van der Waals surface area contributed by atoms with E-state index in [0.29, 0.717) is 13.2 Å². The monoisotopic (exact) mass is 326 g/mol. The molecule has 0 N–H and O–H groups in total. The van der Waals surface area contributed by atoms with Crippen molar-refractivity contribution in [3.05, 3.63) is 15.5 Å². The van der Waals surface area contributed by atoms with Gasteiger partial charge in [-0.25, -0.2) is 4.39 Å². The first-order valence-corrected chi connectivity index (χ1v) is 6.21. The fraction of sp³-hybridized carbons (Fsp3) is 0.700. The van der Waals surface area contributed by atoms with E-state index in [0.717, 1.165) is 28.7 Å². The van der Waals surface area contributed by atoms with Crippen LogP contribution in [0.5, 0.6) is 0 Å². The summed E-state index contributed by atoms with van der Waals surface area (Å²) < 4.78 is 20.2. The smallest absolute Gasteiger partial charge is 0.109 e. The molecule has 1 rings (SSSR count). The Labute approximate surface area is 103 Å². The van der Waals surface area contributed by atoms with Crippen LogP contribution < -0.4 is 0 Å². The highest BCUT2D eigenvalue weighted by Gasteiger charge is 2.05. The molecule has 1 heterocycles. The number of unbranched alkanes of at least 4 members (excludes halogenated alkanes) is 1. The minimum atomic E-state index is -0.381. The molecular weight excluding hydrogens is 310 g/mol. The Morgan fingerprint density at radius 3 is 3.07 bits per heavy atom. The van der Waals surface area contributed by atoms with E-state index in [9.17, 15) is 4.39 Å². The number of alkyl halides is 1. The number of aryl methyl sites for hydroxylation is 1. The van der Waals surface area contributed by atoms with E-state index in [1.807, 2.05) is 6.20 Å². The van der Waals surface area contributed by atoms with Crippen molar-refractivity contribution in [2.24, 2.45) is 0 Å². The lowest BCUT2D eigenvalue weighted by molar-refractivity contribution is 0.114. The van der Waals surface area contributed by atoms with Crippen LogP contribution in [0.4, 0.5) is 4.39 Å². The van der Waals surface area contributed by atoms with Crippen LogP contribution >= 0.6 is 22.6 Å². The van der Waals surface area contributed by atoms with Gasteiger partial charge in [0.2, 0.25) is 0 Å². The van der Waals surface area contributed by atoms with Crippen molar-refractivity contribution >= 4 is 22.6 Å². The number of rotatable bonds is 7. The predicted octanol–water partition coefficient (Wildman–Crippen LogP) is 2.77. The average Bonchev–Trinajstić information content (AvgIpc) is 2.55. The van der Waals surface area contributed by atoms with Crippen LogP contribution in [-0.2, 0) is 17.9 Å². The summed E-state index contributed by atoms with van der Waals surface area (Å²) in [6.45, 7) is 3.36. The molecule has 0 saturated heterocycles. The number of halogens is 2. The number of aromatic nitrogens is 2. The maximum absolute atomic E-state index is 12.1. The SMILES string of the molecule is CCCCOCc1nn(CCF)cc1I. The van der Waals surface area contributed by atoms with Gasteiger partial charge in [0.15, 0.2) is 0 Å². The van der Waals surface area contributed by atoms with Gasteiger partial charge in [0.05, 0.1) is 16.7 Å². The van der Waals surface area contributed by atoms with E-state index in [-0.39, 0.29) is 6.67 Å². The Hall–Kier alpha value is -0.170. The largest absolute Gasteiger partial charge is 0.375 e. The summed E-state index contributed by atoms with van der Waals surface area (Å²) in [7, 11) is 0. The lowest BCUT2D eigenvalue weighted by atomic mass is 10.4. The molecular formula is C10H16FIN2O. The molecule has 0 fully saturated rings. The summed E-state index contributed by atoms with van der Waals surface area (Å²) in [5, 5.41) is 4.24. The zero-order valence-corrected chi connectivity index (χ0v) is 11.0. The number of ether oxygens (including phenoxy) is 1. The van der Waals surface area contributed by atoms with Gasteiger partial charge in [-0.15, -0.1) is 0 Å². The van der Waals surface area contributed by atoms with Gasteiger partial charge >= 0.3 is 0 Å². The Morgan fingerprint density at radius 2 is 2.40 bits per heavy atom. The normalized spacial score (nSPS) is 10.9. The second kappa shape index (κ2) is 7.16. The molecule has 3 nitrogen and oxygen atoms in total. The van der Waals surface area contributed by atoms with Crippen molar-refractivity contribution in [2.45, 2.75) is 32.9 Å². The van der Waals surface area contributed by atoms with Crippen LogP contribution in [0.1, 0.15) is 25.5 Å². The first-order valence-electron chi connectivity index (χ1n) is 5.13. The summed E-state index contributed by atoms with van der Waals surface area (Å²) in [5.41, 5.74) is 0.903. The van der Waals surface area contributed by atoms with Gasteiger partial charge < -0.3 is 4.74 Å². The van der Waals surface area contributed by atoms with Crippen LogP contribution in [-0.4, -0.2) is 23.1 Å². The van der Waals surface area contributed by atoms with Crippen LogP contribution in [0.3, 0.4) is 0 Å². The van der Waals surface area contributed by atoms with Crippen molar-refractivity contribution in [1.29, 1.82) is 0 Å². The van der Waals surface area contributed by atoms with Crippen LogP contribution in [0, 0.1) is 3.57 Å². The molecule has 5 heteroatoms. The second-order valence-corrected chi connectivity index (χ2v) is 4.44. The van der Waals surface area contributed by atoms with Gasteiger partial charge in [-0.3, -0.25) is 4.68 Å². The highest BCUT2D eigenvalue weighted by atomic mass is 127. The van der Waals surface area contributed by atoms with Gasteiger partial charge in [-0.1, -0.05) is 13.3 Å². The molecule has 0 atom stereocenters. The first-order chi connectivity index (χ1) is 7.27. The van der Waals surface area contributed by atoms with E-state index >= 15 is 0 Å². The summed E-state index contributed by atoms with van der Waals surface area (Å²) in [4.78, 5) is 0. The van der Waals surface area contributed by atoms with E-state index in [1.54, 1.807) is 4.68 Å². The predicted molar refractivity (Wildman–Crippen MR) is 65.5 cm³/mol. The fourth-order valence-electron chi connectivity index (χ4n) is 1.15. The Morgan fingerprint density at radius 1 is 1.60 bits per heavy atom. The van der Waals surface area contributed by atoms with Gasteiger partial charge in [0, 0.05) is 12.8 Å². The van der Waals surface area contributed by atoms with Crippen molar-refractivity contribution in [3.63, 3.8) is 0 Å². The van der Waals surface area contributed by atoms with Gasteiger partial charge in [0.1, 0.15) is 12.4 Å². The third-order valence-electron chi connectivity index (χ3n) is 1.98. The molecule has 0 amide bonds. The minimum Gasteiger partial charge on any atom is -0.375 e. The summed E-state index contributed by atoms with van der Waals surface area (Å²) in [5.74, 6) is 0. The third-order valence-corrected chi connectivity index (χ3v) is 2.88. The molecule has 0 aromatic carbocycles. The van der Waals surface area contributed by atoms with Crippen LogP contribution in [0.15, 0.2) is 6.20 Å². The standard InChI is InChI=1S/C10H16FIN2O/c1-2-3-6-15-8-10-9(12)7-14(13-10)5-4-11/h7H,2-6,8H2,1H3. The molecule has 0 aliphatic heterocycles. The average molecular weight is 326 g/mol. The lowest BCUT2D eigenvalue weighted by Crippen LogP contribution is -2.02. The molecule has 15 heavy (non-hydrogen) atoms. The minimum absolute atomic E-state index is 0.324. The van der Waals surface area contributed by atoms with Crippen molar-refractivity contribution in [1.82, 2.24) is 9.78 Å². The van der Waals surface area contributed by atoms with Gasteiger partial charge in [-0.2, -0.15) is 5.10 Å². The number of hydrogen-bond acceptors (Lipinski definition) is 2. The highest BCUT2D eigenvalue weighted by Crippen LogP contribution is 2.11. The molecule has 0 aliphatic rings. The van der Waals surface area contributed by atoms with Crippen LogP contribution in [0.25, 0.3) is 0 Å². The van der Waals surface area contributed by atoms with Crippen molar-refractivity contribution < 1.29 is 9.13 Å².